The van der Waals surface area contributed by atoms with E-state index in [1.54, 1.807) is 13.0 Å². The zero-order chi connectivity index (χ0) is 14.5. The van der Waals surface area contributed by atoms with Gasteiger partial charge in [-0.3, -0.25) is 10.2 Å². The highest BCUT2D eigenvalue weighted by Gasteiger charge is 2.21. The minimum absolute atomic E-state index is 0.241. The van der Waals surface area contributed by atoms with Gasteiger partial charge in [0, 0.05) is 25.2 Å². The lowest BCUT2D eigenvalue weighted by Gasteiger charge is -2.35. The van der Waals surface area contributed by atoms with Gasteiger partial charge in [0.25, 0.3) is 0 Å². The molecule has 2 heterocycles. The Bertz CT molecular complexity index is 446. The molecular formula is C14H24N4O2. The number of hydrogen-bond donors (Lipinski definition) is 2. The molecule has 6 nitrogen and oxygen atoms in total. The van der Waals surface area contributed by atoms with Crippen LogP contribution in [0.25, 0.3) is 0 Å². The van der Waals surface area contributed by atoms with Gasteiger partial charge in [-0.15, -0.1) is 0 Å². The van der Waals surface area contributed by atoms with Gasteiger partial charge < -0.3 is 9.84 Å². The first-order valence-electron chi connectivity index (χ1n) is 7.27. The van der Waals surface area contributed by atoms with Crippen molar-refractivity contribution in [2.75, 3.05) is 25.0 Å². The first-order chi connectivity index (χ1) is 9.54. The molecule has 2 amide bonds. The maximum absolute atomic E-state index is 11.8. The molecule has 0 aliphatic carbocycles. The van der Waals surface area contributed by atoms with Crippen molar-refractivity contribution in [3.63, 3.8) is 0 Å². The molecule has 0 saturated carbocycles. The predicted octanol–water partition coefficient (Wildman–Crippen LogP) is 2.22. The summed E-state index contributed by atoms with van der Waals surface area (Å²) in [7, 11) is 0. The number of nitrogens with one attached hydrogen (secondary N) is 2. The summed E-state index contributed by atoms with van der Waals surface area (Å²) in [5.41, 5.74) is 0. The molecule has 2 N–H and O–H groups in total. The Morgan fingerprint density at radius 2 is 2.45 bits per heavy atom. The largest absolute Gasteiger partial charge is 0.360 e. The van der Waals surface area contributed by atoms with Crippen LogP contribution in [0.5, 0.6) is 0 Å². The Morgan fingerprint density at radius 1 is 1.65 bits per heavy atom. The van der Waals surface area contributed by atoms with Crippen molar-refractivity contribution in [3.8, 4) is 0 Å². The van der Waals surface area contributed by atoms with E-state index in [2.05, 4.69) is 34.5 Å². The number of piperidine rings is 1. The minimum Gasteiger partial charge on any atom is -0.360 e. The number of hydrogen-bond acceptors (Lipinski definition) is 4. The fourth-order valence-corrected chi connectivity index (χ4v) is 2.58. The molecule has 0 radical (unpaired) electrons. The van der Waals surface area contributed by atoms with Gasteiger partial charge in [-0.25, -0.2) is 4.79 Å². The number of nitrogens with zero attached hydrogens (tertiary/aromatic N) is 2. The molecule has 1 saturated heterocycles. The molecule has 2 rings (SSSR count). The molecule has 6 heteroatoms. The van der Waals surface area contributed by atoms with E-state index >= 15 is 0 Å². The molecule has 0 bridgehead atoms. The Kier molecular flexibility index (Phi) is 5.00. The number of aryl methyl sites for hydroxylation is 1. The van der Waals surface area contributed by atoms with Crippen LogP contribution in [0.3, 0.4) is 0 Å². The van der Waals surface area contributed by atoms with Crippen LogP contribution in [0.2, 0.25) is 0 Å². The maximum Gasteiger partial charge on any atom is 0.320 e. The fourth-order valence-electron chi connectivity index (χ4n) is 2.58. The van der Waals surface area contributed by atoms with Gasteiger partial charge in [0.2, 0.25) is 0 Å². The number of urea groups is 1. The predicted molar refractivity (Wildman–Crippen MR) is 77.7 cm³/mol. The van der Waals surface area contributed by atoms with E-state index in [1.807, 2.05) is 0 Å². The van der Waals surface area contributed by atoms with E-state index in [0.717, 1.165) is 19.0 Å². The van der Waals surface area contributed by atoms with E-state index in [0.29, 0.717) is 24.2 Å². The van der Waals surface area contributed by atoms with Crippen LogP contribution in [0.15, 0.2) is 10.6 Å². The smallest absolute Gasteiger partial charge is 0.320 e. The second kappa shape index (κ2) is 6.74. The zero-order valence-corrected chi connectivity index (χ0v) is 12.5. The van der Waals surface area contributed by atoms with Gasteiger partial charge in [-0.2, -0.15) is 0 Å². The van der Waals surface area contributed by atoms with Crippen molar-refractivity contribution in [2.24, 2.45) is 5.92 Å². The topological polar surface area (TPSA) is 70.4 Å². The zero-order valence-electron chi connectivity index (χ0n) is 12.5. The van der Waals surface area contributed by atoms with Crippen LogP contribution >= 0.6 is 0 Å². The Morgan fingerprint density at radius 3 is 3.10 bits per heavy atom. The van der Waals surface area contributed by atoms with E-state index in [4.69, 9.17) is 4.52 Å². The van der Waals surface area contributed by atoms with Gasteiger partial charge in [0.1, 0.15) is 5.76 Å². The quantitative estimate of drug-likeness (QED) is 0.887. The number of anilines is 1. The van der Waals surface area contributed by atoms with Crippen molar-refractivity contribution in [1.29, 1.82) is 0 Å². The van der Waals surface area contributed by atoms with Crippen LogP contribution in [-0.2, 0) is 0 Å². The molecule has 20 heavy (non-hydrogen) atoms. The molecule has 0 unspecified atom stereocenters. The lowest BCUT2D eigenvalue weighted by Crippen LogP contribution is -2.47. The van der Waals surface area contributed by atoms with Crippen molar-refractivity contribution >= 4 is 11.8 Å². The number of amides is 2. The Balaban J connectivity index is 1.72. The summed E-state index contributed by atoms with van der Waals surface area (Å²) >= 11 is 0. The first-order valence-corrected chi connectivity index (χ1v) is 7.27. The van der Waals surface area contributed by atoms with Crippen molar-refractivity contribution in [2.45, 2.75) is 39.7 Å². The third-order valence-corrected chi connectivity index (χ3v) is 3.74. The minimum atomic E-state index is -0.241. The average Bonchev–Trinajstić information content (AvgIpc) is 2.81. The van der Waals surface area contributed by atoms with Crippen LogP contribution in [-0.4, -0.2) is 41.8 Å². The van der Waals surface area contributed by atoms with E-state index in [1.165, 1.54) is 12.8 Å². The molecule has 112 valence electrons. The summed E-state index contributed by atoms with van der Waals surface area (Å²) in [6.45, 7) is 9.10. The van der Waals surface area contributed by atoms with Gasteiger partial charge in [-0.05, 0) is 39.2 Å². The third-order valence-electron chi connectivity index (χ3n) is 3.74. The summed E-state index contributed by atoms with van der Waals surface area (Å²) in [5.74, 6) is 1.87. The van der Waals surface area contributed by atoms with Gasteiger partial charge >= 0.3 is 6.03 Å². The van der Waals surface area contributed by atoms with Crippen LogP contribution in [0.1, 0.15) is 32.4 Å². The second-order valence-corrected chi connectivity index (χ2v) is 5.75. The second-order valence-electron chi connectivity index (χ2n) is 5.75. The summed E-state index contributed by atoms with van der Waals surface area (Å²) < 4.78 is 4.90. The summed E-state index contributed by atoms with van der Waals surface area (Å²) in [5, 5.41) is 9.26. The average molecular weight is 280 g/mol. The SMILES string of the molecule is Cc1cc(NC(=O)NC[C@H](C)N2CCC[C@H](C)C2)no1. The number of likely N-dealkylation sites (tertiary alicyclic amines) is 1. The lowest BCUT2D eigenvalue weighted by atomic mass is 9.99. The van der Waals surface area contributed by atoms with Crippen LogP contribution < -0.4 is 10.6 Å². The summed E-state index contributed by atoms with van der Waals surface area (Å²) in [6.07, 6.45) is 2.55. The van der Waals surface area contributed by atoms with Crippen molar-refractivity contribution in [3.05, 3.63) is 11.8 Å². The normalized spacial score (nSPS) is 21.4. The monoisotopic (exact) mass is 280 g/mol. The standard InChI is InChI=1S/C14H24N4O2/c1-10-5-4-6-18(9-10)11(2)8-15-14(19)16-13-7-12(3)20-17-13/h7,10-11H,4-6,8-9H2,1-3H3,(H2,15,16,17,19)/t10-,11-/m0/s1. The number of rotatable bonds is 4. The fraction of sp³-hybridized carbons (Fsp3) is 0.714. The highest BCUT2D eigenvalue weighted by atomic mass is 16.5. The molecule has 1 aromatic heterocycles. The molecule has 1 aliphatic heterocycles. The number of carbonyl (C=O) groups is 1. The Labute approximate surface area is 119 Å². The molecule has 1 aromatic rings. The molecule has 2 atom stereocenters. The molecule has 0 spiro atoms. The van der Waals surface area contributed by atoms with Crippen LogP contribution in [0.4, 0.5) is 10.6 Å². The maximum atomic E-state index is 11.8. The van der Waals surface area contributed by atoms with Gasteiger partial charge in [0.15, 0.2) is 5.82 Å². The third kappa shape index (κ3) is 4.23. The molecule has 1 fully saturated rings. The van der Waals surface area contributed by atoms with E-state index in [-0.39, 0.29) is 6.03 Å². The Hall–Kier alpha value is -1.56. The molecule has 0 aromatic carbocycles. The summed E-state index contributed by atoms with van der Waals surface area (Å²) in [6, 6.07) is 1.80. The number of carbonyl (C=O) groups excluding carboxylic acids is 1. The molecular weight excluding hydrogens is 256 g/mol. The van der Waals surface area contributed by atoms with E-state index < -0.39 is 0 Å². The molecule has 1 aliphatic rings. The van der Waals surface area contributed by atoms with E-state index in [9.17, 15) is 4.79 Å². The number of aromatic nitrogens is 1. The highest BCUT2D eigenvalue weighted by molar-refractivity contribution is 5.88. The lowest BCUT2D eigenvalue weighted by molar-refractivity contribution is 0.138. The summed E-state index contributed by atoms with van der Waals surface area (Å²) in [4.78, 5) is 14.2. The highest BCUT2D eigenvalue weighted by Crippen LogP contribution is 2.17. The van der Waals surface area contributed by atoms with Crippen molar-refractivity contribution in [1.82, 2.24) is 15.4 Å². The first kappa shape index (κ1) is 14.8. The van der Waals surface area contributed by atoms with Crippen molar-refractivity contribution < 1.29 is 9.32 Å². The van der Waals surface area contributed by atoms with Gasteiger partial charge in [-0.1, -0.05) is 12.1 Å². The van der Waals surface area contributed by atoms with Crippen LogP contribution in [0, 0.1) is 12.8 Å². The van der Waals surface area contributed by atoms with Gasteiger partial charge in [0.05, 0.1) is 0 Å².